The number of aromatic nitrogens is 4. The highest BCUT2D eigenvalue weighted by molar-refractivity contribution is 5.84. The molecule has 0 radical (unpaired) electrons. The Balaban J connectivity index is 1.45. The average Bonchev–Trinajstić information content (AvgIpc) is 3.17. The Kier molecular flexibility index (Phi) is 6.51. The zero-order valence-corrected chi connectivity index (χ0v) is 21.0. The van der Waals surface area contributed by atoms with Gasteiger partial charge in [0.05, 0.1) is 16.9 Å². The zero-order chi connectivity index (χ0) is 26.3. The van der Waals surface area contributed by atoms with E-state index in [0.29, 0.717) is 42.0 Å². The van der Waals surface area contributed by atoms with Crippen LogP contribution in [0.5, 0.6) is 0 Å². The molecule has 1 unspecified atom stereocenters. The van der Waals surface area contributed by atoms with Crippen LogP contribution >= 0.6 is 0 Å². The molecule has 9 nitrogen and oxygen atoms in total. The number of anilines is 1. The van der Waals surface area contributed by atoms with Crippen LogP contribution < -0.4 is 10.5 Å². The molecular weight excluding hydrogens is 475 g/mol. The fourth-order valence-electron chi connectivity index (χ4n) is 5.16. The number of carbonyl (C=O) groups is 1. The van der Waals surface area contributed by atoms with Gasteiger partial charge in [-0.15, -0.1) is 0 Å². The van der Waals surface area contributed by atoms with Crippen LogP contribution in [-0.2, 0) is 11.8 Å². The van der Waals surface area contributed by atoms with Crippen LogP contribution in [0.3, 0.4) is 0 Å². The number of benzene rings is 2. The van der Waals surface area contributed by atoms with Gasteiger partial charge in [-0.2, -0.15) is 0 Å². The SMILES string of the molecule is CC1CN(c2ncc(-c3ccc4c(=O)n(C)n([C@@H](C)c5ccccc5F)c4c3)cn2)CCN1C(=O)CO. The van der Waals surface area contributed by atoms with E-state index in [9.17, 15) is 14.0 Å². The molecule has 0 bridgehead atoms. The van der Waals surface area contributed by atoms with Gasteiger partial charge in [-0.3, -0.25) is 19.0 Å². The summed E-state index contributed by atoms with van der Waals surface area (Å²) >= 11 is 0. The molecule has 192 valence electrons. The molecule has 1 aliphatic heterocycles. The second kappa shape index (κ2) is 9.78. The van der Waals surface area contributed by atoms with E-state index in [0.717, 1.165) is 11.1 Å². The van der Waals surface area contributed by atoms with Crippen molar-refractivity contribution < 1.29 is 14.3 Å². The number of aliphatic hydroxyl groups excluding tert-OH is 1. The van der Waals surface area contributed by atoms with Crippen molar-refractivity contribution in [3.8, 4) is 11.1 Å². The lowest BCUT2D eigenvalue weighted by molar-refractivity contribution is -0.136. The first-order chi connectivity index (χ1) is 17.8. The molecule has 37 heavy (non-hydrogen) atoms. The molecule has 1 N–H and O–H groups in total. The summed E-state index contributed by atoms with van der Waals surface area (Å²) in [5, 5.41) is 9.71. The second-order valence-corrected chi connectivity index (χ2v) is 9.41. The topological polar surface area (TPSA) is 96.5 Å². The quantitative estimate of drug-likeness (QED) is 0.449. The van der Waals surface area contributed by atoms with Gasteiger partial charge in [0, 0.05) is 56.2 Å². The Hall–Kier alpha value is -4.05. The molecule has 10 heteroatoms. The maximum Gasteiger partial charge on any atom is 0.274 e. The molecule has 1 amide bonds. The second-order valence-electron chi connectivity index (χ2n) is 9.41. The van der Waals surface area contributed by atoms with Crippen LogP contribution in [0.4, 0.5) is 10.3 Å². The smallest absolute Gasteiger partial charge is 0.274 e. The number of aliphatic hydroxyl groups is 1. The number of halogens is 1. The predicted molar refractivity (Wildman–Crippen MR) is 139 cm³/mol. The Morgan fingerprint density at radius 3 is 2.54 bits per heavy atom. The summed E-state index contributed by atoms with van der Waals surface area (Å²) < 4.78 is 17.9. The molecule has 0 spiro atoms. The van der Waals surface area contributed by atoms with Gasteiger partial charge in [0.15, 0.2) is 0 Å². The van der Waals surface area contributed by atoms with E-state index < -0.39 is 12.6 Å². The third kappa shape index (κ3) is 4.37. The van der Waals surface area contributed by atoms with Crippen molar-refractivity contribution >= 4 is 22.8 Å². The summed E-state index contributed by atoms with van der Waals surface area (Å²) in [6, 6.07) is 11.7. The van der Waals surface area contributed by atoms with Crippen molar-refractivity contribution in [3.63, 3.8) is 0 Å². The molecule has 2 atom stereocenters. The van der Waals surface area contributed by atoms with Crippen molar-refractivity contribution in [2.24, 2.45) is 7.05 Å². The summed E-state index contributed by atoms with van der Waals surface area (Å²) in [6.07, 6.45) is 3.48. The third-order valence-corrected chi connectivity index (χ3v) is 7.15. The van der Waals surface area contributed by atoms with Crippen molar-refractivity contribution in [2.45, 2.75) is 25.9 Å². The molecule has 0 saturated carbocycles. The minimum atomic E-state index is -0.492. The molecule has 2 aromatic heterocycles. The number of fused-ring (bicyclic) bond motifs is 1. The van der Waals surface area contributed by atoms with Crippen molar-refractivity contribution in [3.05, 3.63) is 76.6 Å². The van der Waals surface area contributed by atoms with E-state index in [4.69, 9.17) is 5.11 Å². The third-order valence-electron chi connectivity index (χ3n) is 7.15. The van der Waals surface area contributed by atoms with E-state index in [2.05, 4.69) is 9.97 Å². The lowest BCUT2D eigenvalue weighted by Gasteiger charge is -2.39. The Morgan fingerprint density at radius 2 is 1.86 bits per heavy atom. The summed E-state index contributed by atoms with van der Waals surface area (Å²) in [4.78, 5) is 37.6. The normalized spacial score (nSPS) is 16.8. The zero-order valence-electron chi connectivity index (χ0n) is 21.0. The molecule has 4 aromatic rings. The lowest BCUT2D eigenvalue weighted by atomic mass is 10.1. The molecule has 3 heterocycles. The van der Waals surface area contributed by atoms with Gasteiger partial charge < -0.3 is 14.9 Å². The minimum absolute atomic E-state index is 0.0645. The molecule has 1 saturated heterocycles. The first kappa shape index (κ1) is 24.6. The maximum absolute atomic E-state index is 14.6. The Morgan fingerprint density at radius 1 is 1.14 bits per heavy atom. The highest BCUT2D eigenvalue weighted by Gasteiger charge is 2.28. The van der Waals surface area contributed by atoms with Crippen molar-refractivity contribution in [1.82, 2.24) is 24.2 Å². The van der Waals surface area contributed by atoms with Gasteiger partial charge in [-0.25, -0.2) is 14.4 Å². The maximum atomic E-state index is 14.6. The van der Waals surface area contributed by atoms with Crippen LogP contribution in [0.15, 0.2) is 59.7 Å². The first-order valence-corrected chi connectivity index (χ1v) is 12.2. The van der Waals surface area contributed by atoms with Crippen LogP contribution in [0, 0.1) is 5.82 Å². The molecule has 0 aliphatic carbocycles. The highest BCUT2D eigenvalue weighted by atomic mass is 19.1. The largest absolute Gasteiger partial charge is 0.387 e. The van der Waals surface area contributed by atoms with E-state index in [1.807, 2.05) is 35.6 Å². The van der Waals surface area contributed by atoms with Gasteiger partial charge in [0.2, 0.25) is 11.9 Å². The molecule has 1 fully saturated rings. The number of hydrogen-bond donors (Lipinski definition) is 1. The van der Waals surface area contributed by atoms with Crippen molar-refractivity contribution in [1.29, 1.82) is 0 Å². The lowest BCUT2D eigenvalue weighted by Crippen LogP contribution is -2.55. The van der Waals surface area contributed by atoms with E-state index in [1.165, 1.54) is 10.7 Å². The van der Waals surface area contributed by atoms with Crippen LogP contribution in [0.2, 0.25) is 0 Å². The number of nitrogens with zero attached hydrogens (tertiary/aromatic N) is 6. The van der Waals surface area contributed by atoms with E-state index in [1.54, 1.807) is 48.6 Å². The minimum Gasteiger partial charge on any atom is -0.387 e. The fraction of sp³-hybridized carbons (Fsp3) is 0.333. The highest BCUT2D eigenvalue weighted by Crippen LogP contribution is 2.28. The summed E-state index contributed by atoms with van der Waals surface area (Å²) in [7, 11) is 1.69. The predicted octanol–water partition coefficient (Wildman–Crippen LogP) is 2.57. The van der Waals surface area contributed by atoms with Gasteiger partial charge in [-0.05, 0) is 37.6 Å². The van der Waals surface area contributed by atoms with Gasteiger partial charge in [0.1, 0.15) is 12.4 Å². The Labute approximate surface area is 213 Å². The van der Waals surface area contributed by atoms with Crippen LogP contribution in [-0.4, -0.2) is 67.5 Å². The summed E-state index contributed by atoms with van der Waals surface area (Å²) in [5.74, 6) is -0.0274. The first-order valence-electron chi connectivity index (χ1n) is 12.2. The van der Waals surface area contributed by atoms with Crippen LogP contribution in [0.1, 0.15) is 25.5 Å². The van der Waals surface area contributed by atoms with E-state index >= 15 is 0 Å². The number of piperazine rings is 1. The summed E-state index contributed by atoms with van der Waals surface area (Å²) in [6.45, 7) is 4.96. The number of rotatable bonds is 5. The molecular formula is C27H29FN6O3. The average molecular weight is 505 g/mol. The molecule has 5 rings (SSSR count). The standard InChI is InChI=1S/C27H29FN6O3/c1-17-15-32(10-11-33(17)25(36)16-35)27-29-13-20(14-30-27)19-8-9-22-24(12-19)34(31(3)26(22)37)18(2)21-6-4-5-7-23(21)28/h4-9,12-14,17-18,35H,10-11,15-16H2,1-3H3/t17?,18-/m0/s1. The molecule has 1 aliphatic rings. The number of amides is 1. The van der Waals surface area contributed by atoms with Gasteiger partial charge in [-0.1, -0.05) is 24.3 Å². The van der Waals surface area contributed by atoms with Gasteiger partial charge >= 0.3 is 0 Å². The number of carbonyl (C=O) groups excluding carboxylic acids is 1. The van der Waals surface area contributed by atoms with Crippen molar-refractivity contribution in [2.75, 3.05) is 31.1 Å². The van der Waals surface area contributed by atoms with Crippen LogP contribution in [0.25, 0.3) is 22.0 Å². The van der Waals surface area contributed by atoms with E-state index in [-0.39, 0.29) is 23.3 Å². The fourth-order valence-corrected chi connectivity index (χ4v) is 5.16. The Bertz CT molecular complexity index is 1510. The number of hydrogen-bond acceptors (Lipinski definition) is 6. The van der Waals surface area contributed by atoms with Gasteiger partial charge in [0.25, 0.3) is 5.56 Å². The monoisotopic (exact) mass is 504 g/mol. The molecule has 2 aromatic carbocycles. The summed E-state index contributed by atoms with van der Waals surface area (Å²) in [5.41, 5.74) is 2.68.